The van der Waals surface area contributed by atoms with Crippen molar-refractivity contribution in [3.05, 3.63) is 29.1 Å². The summed E-state index contributed by atoms with van der Waals surface area (Å²) in [4.78, 5) is 16.5. The first-order chi connectivity index (χ1) is 12.0. The van der Waals surface area contributed by atoms with Crippen LogP contribution in [0.25, 0.3) is 10.1 Å². The predicted molar refractivity (Wildman–Crippen MR) is 104 cm³/mol. The average Bonchev–Trinajstić information content (AvgIpc) is 3.02. The first-order valence-corrected chi connectivity index (χ1v) is 10.3. The molecule has 4 heteroatoms. The highest BCUT2D eigenvalue weighted by atomic mass is 32.1. The lowest BCUT2D eigenvalue weighted by Crippen LogP contribution is -2.61. The average molecular weight is 358 g/mol. The number of rotatable bonds is 5. The Kier molecular flexibility index (Phi) is 4.37. The second-order valence-electron chi connectivity index (χ2n) is 7.96. The summed E-state index contributed by atoms with van der Waals surface area (Å²) in [5.74, 6) is 2.38. The molecule has 0 amide bonds. The van der Waals surface area contributed by atoms with Crippen LogP contribution in [0.2, 0.25) is 0 Å². The first kappa shape index (κ1) is 17.0. The van der Waals surface area contributed by atoms with Gasteiger partial charge in [-0.15, -0.1) is 11.3 Å². The molecule has 2 aromatic rings. The first-order valence-electron chi connectivity index (χ1n) is 9.43. The molecule has 134 valence electrons. The van der Waals surface area contributed by atoms with E-state index in [1.807, 2.05) is 13.0 Å². The van der Waals surface area contributed by atoms with E-state index < -0.39 is 0 Å². The van der Waals surface area contributed by atoms with Crippen LogP contribution in [-0.2, 0) is 0 Å². The van der Waals surface area contributed by atoms with Gasteiger partial charge in [-0.1, -0.05) is 0 Å². The van der Waals surface area contributed by atoms with Gasteiger partial charge < -0.3 is 4.74 Å². The van der Waals surface area contributed by atoms with Crippen LogP contribution in [0.5, 0.6) is 5.75 Å². The zero-order valence-corrected chi connectivity index (χ0v) is 16.2. The number of carbonyl (C=O) groups is 1. The number of fused-ring (bicyclic) bond motifs is 4. The van der Waals surface area contributed by atoms with Gasteiger partial charge >= 0.3 is 0 Å². The number of hydrogen-bond acceptors (Lipinski definition) is 4. The second kappa shape index (κ2) is 6.40. The molecular formula is C21H27NO2S. The minimum Gasteiger partial charge on any atom is -0.494 e. The molecule has 1 atom stereocenters. The molecule has 3 aliphatic heterocycles. The minimum absolute atomic E-state index is 0.148. The van der Waals surface area contributed by atoms with Crippen molar-refractivity contribution < 1.29 is 9.53 Å². The lowest BCUT2D eigenvalue weighted by molar-refractivity contribution is -0.0643. The number of benzene rings is 1. The Labute approximate surface area is 154 Å². The Morgan fingerprint density at radius 3 is 2.72 bits per heavy atom. The largest absolute Gasteiger partial charge is 0.494 e. The third kappa shape index (κ3) is 3.00. The summed E-state index contributed by atoms with van der Waals surface area (Å²) in [6, 6.07) is 8.17. The molecule has 1 aromatic carbocycles. The van der Waals surface area contributed by atoms with Gasteiger partial charge in [-0.2, -0.15) is 0 Å². The zero-order valence-electron chi connectivity index (χ0n) is 15.4. The molecule has 0 N–H and O–H groups in total. The topological polar surface area (TPSA) is 29.5 Å². The molecule has 0 spiro atoms. The van der Waals surface area contributed by atoms with Crippen LogP contribution in [0.1, 0.15) is 49.7 Å². The quantitative estimate of drug-likeness (QED) is 0.706. The van der Waals surface area contributed by atoms with Crippen LogP contribution >= 0.6 is 11.3 Å². The van der Waals surface area contributed by atoms with Crippen LogP contribution in [-0.4, -0.2) is 35.9 Å². The third-order valence-corrected chi connectivity index (χ3v) is 7.45. The van der Waals surface area contributed by atoms with E-state index in [0.29, 0.717) is 30.6 Å². The Hall–Kier alpha value is -1.39. The number of piperidine rings is 3. The van der Waals surface area contributed by atoms with Crippen molar-refractivity contribution in [3.63, 3.8) is 0 Å². The molecule has 4 heterocycles. The van der Waals surface area contributed by atoms with Crippen molar-refractivity contribution >= 4 is 27.2 Å². The Bertz CT molecular complexity index is 786. The number of nitrogens with zero attached hydrogens (tertiary/aromatic N) is 1. The maximum absolute atomic E-state index is 13.0. The highest BCUT2D eigenvalue weighted by molar-refractivity contribution is 7.20. The van der Waals surface area contributed by atoms with Gasteiger partial charge in [-0.3, -0.25) is 9.69 Å². The SMILES string of the molecule is CCOc1ccc2cc(C(=O)C[C@@H]3C4CCN(CC4)C3(C)C)sc2c1. The summed E-state index contributed by atoms with van der Waals surface area (Å²) in [6.45, 7) is 9.71. The molecule has 3 fully saturated rings. The maximum Gasteiger partial charge on any atom is 0.173 e. The molecular weight excluding hydrogens is 330 g/mol. The van der Waals surface area contributed by atoms with Gasteiger partial charge in [0.25, 0.3) is 0 Å². The molecule has 3 saturated heterocycles. The van der Waals surface area contributed by atoms with E-state index >= 15 is 0 Å². The number of ether oxygens (including phenoxy) is 1. The van der Waals surface area contributed by atoms with Gasteiger partial charge in [0.05, 0.1) is 11.5 Å². The Morgan fingerprint density at radius 2 is 2.04 bits per heavy atom. The molecule has 2 bridgehead atoms. The van der Waals surface area contributed by atoms with Crippen molar-refractivity contribution in [2.24, 2.45) is 11.8 Å². The van der Waals surface area contributed by atoms with Crippen molar-refractivity contribution in [2.45, 2.75) is 45.6 Å². The fourth-order valence-corrected chi connectivity index (χ4v) is 5.85. The minimum atomic E-state index is 0.148. The van der Waals surface area contributed by atoms with E-state index in [4.69, 9.17) is 4.74 Å². The summed E-state index contributed by atoms with van der Waals surface area (Å²) >= 11 is 1.61. The molecule has 5 rings (SSSR count). The van der Waals surface area contributed by atoms with Crippen molar-refractivity contribution in [1.29, 1.82) is 0 Å². The van der Waals surface area contributed by atoms with Crippen LogP contribution < -0.4 is 4.74 Å². The van der Waals surface area contributed by atoms with Gasteiger partial charge in [-0.25, -0.2) is 0 Å². The van der Waals surface area contributed by atoms with E-state index in [-0.39, 0.29) is 5.54 Å². The molecule has 0 aliphatic carbocycles. The van der Waals surface area contributed by atoms with E-state index in [0.717, 1.165) is 20.7 Å². The van der Waals surface area contributed by atoms with Crippen molar-refractivity contribution in [2.75, 3.05) is 19.7 Å². The fraction of sp³-hybridized carbons (Fsp3) is 0.571. The Morgan fingerprint density at radius 1 is 1.28 bits per heavy atom. The van der Waals surface area contributed by atoms with E-state index in [1.54, 1.807) is 11.3 Å². The van der Waals surface area contributed by atoms with E-state index in [2.05, 4.69) is 36.9 Å². The number of carbonyl (C=O) groups excluding carboxylic acids is 1. The maximum atomic E-state index is 13.0. The highest BCUT2D eigenvalue weighted by Crippen LogP contribution is 2.46. The van der Waals surface area contributed by atoms with Crippen LogP contribution in [0, 0.1) is 11.8 Å². The van der Waals surface area contributed by atoms with Gasteiger partial charge in [0.2, 0.25) is 0 Å². The van der Waals surface area contributed by atoms with Crippen LogP contribution in [0.4, 0.5) is 0 Å². The van der Waals surface area contributed by atoms with Crippen LogP contribution in [0.15, 0.2) is 24.3 Å². The summed E-state index contributed by atoms with van der Waals surface area (Å²) in [5.41, 5.74) is 0.148. The monoisotopic (exact) mass is 357 g/mol. The lowest BCUT2D eigenvalue weighted by atomic mass is 9.65. The zero-order chi connectivity index (χ0) is 17.6. The van der Waals surface area contributed by atoms with Crippen molar-refractivity contribution in [3.8, 4) is 5.75 Å². The summed E-state index contributed by atoms with van der Waals surface area (Å²) in [7, 11) is 0. The third-order valence-electron chi connectivity index (χ3n) is 6.31. The smallest absolute Gasteiger partial charge is 0.173 e. The molecule has 0 saturated carbocycles. The molecule has 3 aliphatic rings. The molecule has 0 radical (unpaired) electrons. The molecule has 25 heavy (non-hydrogen) atoms. The fourth-order valence-electron chi connectivity index (χ4n) is 4.81. The van der Waals surface area contributed by atoms with Crippen molar-refractivity contribution in [1.82, 2.24) is 4.90 Å². The highest BCUT2D eigenvalue weighted by Gasteiger charge is 2.47. The van der Waals surface area contributed by atoms with Gasteiger partial charge in [0.1, 0.15) is 5.75 Å². The molecule has 0 unspecified atom stereocenters. The van der Waals surface area contributed by atoms with Gasteiger partial charge in [0.15, 0.2) is 5.78 Å². The molecule has 3 nitrogen and oxygen atoms in total. The second-order valence-corrected chi connectivity index (χ2v) is 9.04. The number of thiophene rings is 1. The number of Topliss-reactive ketones (excluding diaryl/α,β-unsaturated/α-hetero) is 1. The lowest BCUT2D eigenvalue weighted by Gasteiger charge is -2.56. The number of ketones is 1. The van der Waals surface area contributed by atoms with E-state index in [1.165, 1.54) is 25.9 Å². The van der Waals surface area contributed by atoms with Gasteiger partial charge in [0, 0.05) is 16.7 Å². The Balaban J connectivity index is 1.55. The summed E-state index contributed by atoms with van der Waals surface area (Å²) < 4.78 is 6.72. The standard InChI is InChI=1S/C21H27NO2S/c1-4-24-16-6-5-15-11-20(25-19(15)12-16)18(23)13-17-14-7-9-22(10-8-14)21(17,2)3/h5-6,11-12,14,17H,4,7-10,13H2,1-3H3/t17-/m1/s1. The summed E-state index contributed by atoms with van der Waals surface area (Å²) in [6.07, 6.45) is 3.19. The molecule has 1 aromatic heterocycles. The van der Waals surface area contributed by atoms with E-state index in [9.17, 15) is 4.79 Å². The number of hydrogen-bond donors (Lipinski definition) is 0. The van der Waals surface area contributed by atoms with Gasteiger partial charge in [-0.05, 0) is 88.2 Å². The predicted octanol–water partition coefficient (Wildman–Crippen LogP) is 4.99. The van der Waals surface area contributed by atoms with Crippen LogP contribution in [0.3, 0.4) is 0 Å². The normalized spacial score (nSPS) is 27.6. The summed E-state index contributed by atoms with van der Waals surface area (Å²) in [5, 5.41) is 1.14.